The average Bonchev–Trinajstić information content (AvgIpc) is 4.22. The van der Waals surface area contributed by atoms with Crippen molar-refractivity contribution in [1.82, 2.24) is 14.9 Å². The molecule has 0 bridgehead atoms. The number of nitro groups is 1. The molecule has 2 N–H and O–H groups in total. The Morgan fingerprint density at radius 1 is 0.704 bits per heavy atom. The van der Waals surface area contributed by atoms with Crippen LogP contribution in [0.5, 0.6) is 5.75 Å². The Bertz CT molecular complexity index is 3560. The summed E-state index contributed by atoms with van der Waals surface area (Å²) in [4.78, 5) is 34.0. The van der Waals surface area contributed by atoms with E-state index in [4.69, 9.17) is 23.9 Å². The molecular weight excluding hydrogens is 1090 g/mol. The molecule has 0 aliphatic heterocycles. The van der Waals surface area contributed by atoms with E-state index in [0.717, 1.165) is 102 Å². The maximum Gasteiger partial charge on any atom is 0.514 e. The number of nitro benzene ring substituents is 1. The molecule has 2 heterocycles. The number of primary sulfonamides is 1. The van der Waals surface area contributed by atoms with Gasteiger partial charge in [0.1, 0.15) is 29.4 Å². The number of aromatic nitrogens is 3. The highest BCUT2D eigenvalue weighted by molar-refractivity contribution is 7.92. The van der Waals surface area contributed by atoms with E-state index in [1.165, 1.54) is 60.7 Å². The van der Waals surface area contributed by atoms with Crippen LogP contribution in [-0.4, -0.2) is 66.8 Å². The maximum absolute atomic E-state index is 13.4. The predicted molar refractivity (Wildman–Crippen MR) is 297 cm³/mol. The van der Waals surface area contributed by atoms with Crippen LogP contribution in [0.4, 0.5) is 23.7 Å². The summed E-state index contributed by atoms with van der Waals surface area (Å²) in [5, 5.41) is 23.5. The first kappa shape index (κ1) is 60.4. The topological polar surface area (TPSA) is 243 Å². The van der Waals surface area contributed by atoms with Crippen LogP contribution in [0.1, 0.15) is 86.8 Å². The molecule has 2 aliphatic carbocycles. The molecule has 2 aromatic heterocycles. The normalized spacial score (nSPS) is 16.5. The van der Waals surface area contributed by atoms with Gasteiger partial charge in [0.15, 0.2) is 21.3 Å². The Morgan fingerprint density at radius 3 is 1.78 bits per heavy atom. The van der Waals surface area contributed by atoms with E-state index >= 15 is 0 Å². The van der Waals surface area contributed by atoms with Crippen molar-refractivity contribution in [2.75, 3.05) is 5.75 Å². The zero-order valence-corrected chi connectivity index (χ0v) is 46.2. The van der Waals surface area contributed by atoms with Gasteiger partial charge in [-0.1, -0.05) is 102 Å². The number of alkyl halides is 3. The van der Waals surface area contributed by atoms with E-state index in [1.807, 2.05) is 63.3 Å². The fourth-order valence-corrected chi connectivity index (χ4v) is 10.3. The summed E-state index contributed by atoms with van der Waals surface area (Å²) in [6, 6.07) is 32.8. The third kappa shape index (κ3) is 17.4. The molecule has 0 fully saturated rings. The fraction of sp³-hybridized carbons (Fsp3) is 0.288. The van der Waals surface area contributed by atoms with Crippen LogP contribution in [0.3, 0.4) is 0 Å². The Morgan fingerprint density at radius 2 is 1.23 bits per heavy atom. The summed E-state index contributed by atoms with van der Waals surface area (Å²) >= 11 is 0. The van der Waals surface area contributed by atoms with Crippen LogP contribution >= 0.6 is 0 Å². The minimum absolute atomic E-state index is 0.0568. The highest BCUT2D eigenvalue weighted by Gasteiger charge is 2.35. The number of sulfonamides is 1. The molecule has 2 aliphatic rings. The fourth-order valence-electron chi connectivity index (χ4n) is 8.65. The Kier molecular flexibility index (Phi) is 20.4. The number of ether oxygens (including phenoxy) is 3. The van der Waals surface area contributed by atoms with Crippen LogP contribution in [0.15, 0.2) is 166 Å². The first-order valence-electron chi connectivity index (χ1n) is 25.9. The Hall–Kier alpha value is -8.21. The maximum atomic E-state index is 13.4. The monoisotopic (exact) mass is 1150 g/mol. The standard InChI is InChI=1S/C27H27F3N2O4S.C17H16N2O3S.C15H17NO5/c1-19-9-11-20(12-10-19)24-17-25(27(28,29)30)31-32(24)21-13-15-23(16-14-21)37(34,35)18-26(33)36-22-7-5-3-2-4-6-8-22;1-11-3-5-14(6-4-11)17-16(12(2)22-19-17)13-7-9-15(10-8-13)23(18,20)21;17-15(20-13-6-4-2-1-3-5-7-13)21-14-10-8-12(9-11-14)16(18)19/h5,7,9-17,22H,2-4,6,8,18H2,1H3;3-10H,1-2H3,(H2,18,20,21);4,6,8-11,13H,1-3,5,7H2/b7-5+;;6-4+. The smallest absolute Gasteiger partial charge is 0.457 e. The molecule has 0 saturated carbocycles. The van der Waals surface area contributed by atoms with Crippen LogP contribution in [-0.2, 0) is 40.3 Å². The molecule has 2 unspecified atom stereocenters. The molecular formula is C59H60F3N5O12S2. The average molecular weight is 1150 g/mol. The van der Waals surface area contributed by atoms with Gasteiger partial charge in [-0.05, 0) is 144 Å². The van der Waals surface area contributed by atoms with E-state index in [-0.39, 0.29) is 38.7 Å². The van der Waals surface area contributed by atoms with E-state index < -0.39 is 60.6 Å². The summed E-state index contributed by atoms with van der Waals surface area (Å²) in [7, 11) is -7.72. The molecule has 2 atom stereocenters. The van der Waals surface area contributed by atoms with Gasteiger partial charge in [0.05, 0.1) is 31.7 Å². The third-order valence-corrected chi connectivity index (χ3v) is 15.5. The van der Waals surface area contributed by atoms with E-state index in [0.29, 0.717) is 17.7 Å². The minimum Gasteiger partial charge on any atom is -0.457 e. The lowest BCUT2D eigenvalue weighted by molar-refractivity contribution is -0.384. The number of nitrogens with two attached hydrogens (primary N) is 1. The summed E-state index contributed by atoms with van der Waals surface area (Å²) < 4.78 is 111. The second-order valence-corrected chi connectivity index (χ2v) is 22.8. The number of allylic oxidation sites excluding steroid dienone is 2. The number of hydrogen-bond acceptors (Lipinski definition) is 14. The summed E-state index contributed by atoms with van der Waals surface area (Å²) in [6.45, 7) is 5.71. The predicted octanol–water partition coefficient (Wildman–Crippen LogP) is 13.3. The highest BCUT2D eigenvalue weighted by atomic mass is 32.2. The van der Waals surface area contributed by atoms with Crippen LogP contribution in [0, 0.1) is 30.9 Å². The number of non-ortho nitro benzene ring substituents is 1. The van der Waals surface area contributed by atoms with E-state index in [9.17, 15) is 49.7 Å². The molecule has 5 aromatic carbocycles. The Balaban J connectivity index is 0.000000186. The van der Waals surface area contributed by atoms with Crippen molar-refractivity contribution in [3.05, 3.63) is 184 Å². The van der Waals surface area contributed by atoms with Crippen molar-refractivity contribution in [2.24, 2.45) is 5.14 Å². The quantitative estimate of drug-likeness (QED) is 0.0393. The highest BCUT2D eigenvalue weighted by Crippen LogP contribution is 2.36. The first-order valence-corrected chi connectivity index (χ1v) is 29.1. The molecule has 81 heavy (non-hydrogen) atoms. The number of rotatable bonds is 12. The molecule has 22 heteroatoms. The number of carbonyl (C=O) groups excluding carboxylic acids is 2. The van der Waals surface area contributed by atoms with Gasteiger partial charge >= 0.3 is 18.3 Å². The van der Waals surface area contributed by atoms with E-state index in [1.54, 1.807) is 42.5 Å². The number of esters is 1. The molecule has 7 aromatic rings. The van der Waals surface area contributed by atoms with Gasteiger partial charge in [0.25, 0.3) is 5.69 Å². The van der Waals surface area contributed by atoms with Crippen molar-refractivity contribution < 1.29 is 63.3 Å². The second-order valence-electron chi connectivity index (χ2n) is 19.3. The zero-order chi connectivity index (χ0) is 58.3. The van der Waals surface area contributed by atoms with Crippen molar-refractivity contribution in [1.29, 1.82) is 0 Å². The van der Waals surface area contributed by atoms with Gasteiger partial charge in [-0.15, -0.1) is 0 Å². The Labute approximate surface area is 467 Å². The van der Waals surface area contributed by atoms with E-state index in [2.05, 4.69) is 10.3 Å². The summed E-state index contributed by atoms with van der Waals surface area (Å²) in [6.07, 6.45) is 11.1. The number of sulfone groups is 1. The number of aryl methyl sites for hydroxylation is 3. The van der Waals surface area contributed by atoms with Crippen molar-refractivity contribution >= 4 is 37.7 Å². The molecule has 0 radical (unpaired) electrons. The third-order valence-electron chi connectivity index (χ3n) is 13.0. The second kappa shape index (κ2) is 27.3. The lowest BCUT2D eigenvalue weighted by Crippen LogP contribution is -2.24. The van der Waals surface area contributed by atoms with Gasteiger partial charge in [-0.25, -0.2) is 31.5 Å². The van der Waals surface area contributed by atoms with Gasteiger partial charge in [0, 0.05) is 23.3 Å². The lowest BCUT2D eigenvalue weighted by atomic mass is 9.99. The van der Waals surface area contributed by atoms with Gasteiger partial charge in [-0.3, -0.25) is 14.9 Å². The molecule has 0 spiro atoms. The number of nitrogens with zero attached hydrogens (tertiary/aromatic N) is 4. The molecule has 17 nitrogen and oxygen atoms in total. The molecule has 0 saturated heterocycles. The van der Waals surface area contributed by atoms with Gasteiger partial charge < -0.3 is 18.7 Å². The molecule has 0 amide bonds. The van der Waals surface area contributed by atoms with Crippen molar-refractivity contribution in [3.63, 3.8) is 0 Å². The SMILES string of the molecule is Cc1ccc(-c2cc(C(F)(F)F)nn2-c2ccc(S(=O)(=O)CC(=O)OC3/C=C/CCCCC3)cc2)cc1.Cc1ccc(-c2noc(C)c2-c2ccc(S(N)(=O)=O)cc2)cc1.O=C(Oc1ccc([N+](=O)[O-])cc1)OC1/C=C/CCCCC1. The minimum atomic E-state index is -4.65. The lowest BCUT2D eigenvalue weighted by Gasteiger charge is -2.16. The van der Waals surface area contributed by atoms with Crippen molar-refractivity contribution in [3.8, 4) is 45.1 Å². The van der Waals surface area contributed by atoms with Crippen LogP contribution in [0.2, 0.25) is 0 Å². The first-order chi connectivity index (χ1) is 38.5. The van der Waals surface area contributed by atoms with Gasteiger partial charge in [-0.2, -0.15) is 18.3 Å². The summed E-state index contributed by atoms with van der Waals surface area (Å²) in [5.41, 5.74) is 5.30. The number of benzene rings is 5. The van der Waals surface area contributed by atoms with Crippen molar-refractivity contribution in [2.45, 2.75) is 113 Å². The molecule has 9 rings (SSSR count). The zero-order valence-electron chi connectivity index (χ0n) is 44.6. The number of hydrogen-bond donors (Lipinski definition) is 1. The van der Waals surface area contributed by atoms with Crippen LogP contribution < -0.4 is 9.88 Å². The number of carbonyl (C=O) groups is 2. The number of halogens is 3. The van der Waals surface area contributed by atoms with Crippen LogP contribution in [0.25, 0.3) is 39.3 Å². The molecule has 426 valence electrons. The van der Waals surface area contributed by atoms with Gasteiger partial charge in [0.2, 0.25) is 10.0 Å². The summed E-state index contributed by atoms with van der Waals surface area (Å²) in [5.74, 6) is -0.780. The largest absolute Gasteiger partial charge is 0.514 e.